The number of hydrogen-bond acceptors (Lipinski definition) is 5. The van der Waals surface area contributed by atoms with E-state index < -0.39 is 0 Å². The van der Waals surface area contributed by atoms with Gasteiger partial charge in [0.2, 0.25) is 5.91 Å². The van der Waals surface area contributed by atoms with Crippen LogP contribution in [0.3, 0.4) is 0 Å². The molecule has 6 heteroatoms. The number of aryl methyl sites for hydroxylation is 2. The summed E-state index contributed by atoms with van der Waals surface area (Å²) in [5, 5.41) is 4.10. The average molecular weight is 325 g/mol. The lowest BCUT2D eigenvalue weighted by atomic mass is 10.1. The summed E-state index contributed by atoms with van der Waals surface area (Å²) in [7, 11) is 0. The van der Waals surface area contributed by atoms with E-state index in [0.29, 0.717) is 19.0 Å². The highest BCUT2D eigenvalue weighted by Crippen LogP contribution is 2.18. The van der Waals surface area contributed by atoms with Crippen LogP contribution in [0.25, 0.3) is 0 Å². The van der Waals surface area contributed by atoms with Gasteiger partial charge in [0.1, 0.15) is 0 Å². The molecule has 0 aliphatic carbocycles. The van der Waals surface area contributed by atoms with Gasteiger partial charge in [-0.25, -0.2) is 4.98 Å². The van der Waals surface area contributed by atoms with Crippen molar-refractivity contribution in [3.63, 3.8) is 0 Å². The largest absolute Gasteiger partial charge is 0.379 e. The molecule has 0 radical (unpaired) electrons. The Hall–Kier alpha value is -0.980. The van der Waals surface area contributed by atoms with Crippen molar-refractivity contribution in [2.24, 2.45) is 0 Å². The molecule has 1 unspecified atom stereocenters. The van der Waals surface area contributed by atoms with Crippen LogP contribution in [0.15, 0.2) is 0 Å². The van der Waals surface area contributed by atoms with Crippen molar-refractivity contribution in [2.75, 3.05) is 26.3 Å². The fraction of sp³-hybridized carbons (Fsp3) is 0.750. The van der Waals surface area contributed by atoms with Crippen LogP contribution in [0.1, 0.15) is 42.3 Å². The summed E-state index contributed by atoms with van der Waals surface area (Å²) in [6.45, 7) is 10.5. The van der Waals surface area contributed by atoms with Gasteiger partial charge in [0.05, 0.1) is 30.5 Å². The normalized spacial score (nSPS) is 17.4. The third-order valence-electron chi connectivity index (χ3n) is 4.12. The highest BCUT2D eigenvalue weighted by molar-refractivity contribution is 7.11. The Balaban J connectivity index is 1.71. The van der Waals surface area contributed by atoms with Crippen molar-refractivity contribution < 1.29 is 9.53 Å². The molecule has 1 aliphatic rings. The van der Waals surface area contributed by atoms with Gasteiger partial charge in [0.25, 0.3) is 0 Å². The van der Waals surface area contributed by atoms with E-state index >= 15 is 0 Å². The van der Waals surface area contributed by atoms with Crippen LogP contribution >= 0.6 is 11.3 Å². The Morgan fingerprint density at radius 2 is 2.18 bits per heavy atom. The lowest BCUT2D eigenvalue weighted by Gasteiger charge is -2.32. The van der Waals surface area contributed by atoms with Crippen molar-refractivity contribution in [1.82, 2.24) is 15.2 Å². The summed E-state index contributed by atoms with van der Waals surface area (Å²) < 4.78 is 5.36. The van der Waals surface area contributed by atoms with Crippen LogP contribution in [0.2, 0.25) is 0 Å². The molecule has 2 rings (SSSR count). The second kappa shape index (κ2) is 8.60. The van der Waals surface area contributed by atoms with E-state index in [2.05, 4.69) is 29.0 Å². The van der Waals surface area contributed by atoms with E-state index in [1.807, 2.05) is 6.92 Å². The van der Waals surface area contributed by atoms with Crippen molar-refractivity contribution in [1.29, 1.82) is 0 Å². The summed E-state index contributed by atoms with van der Waals surface area (Å²) in [6.07, 6.45) is 2.40. The zero-order valence-corrected chi connectivity index (χ0v) is 14.7. The average Bonchev–Trinajstić information content (AvgIpc) is 2.91. The van der Waals surface area contributed by atoms with Gasteiger partial charge in [0, 0.05) is 30.4 Å². The van der Waals surface area contributed by atoms with Crippen molar-refractivity contribution in [2.45, 2.75) is 52.6 Å². The van der Waals surface area contributed by atoms with E-state index in [1.165, 1.54) is 4.88 Å². The number of hydrogen-bond donors (Lipinski definition) is 1. The number of nitrogens with one attached hydrogen (secondary N) is 1. The molecule has 1 N–H and O–H groups in total. The van der Waals surface area contributed by atoms with Crippen LogP contribution < -0.4 is 5.32 Å². The number of carbonyl (C=O) groups is 1. The van der Waals surface area contributed by atoms with Gasteiger partial charge in [-0.05, 0) is 26.7 Å². The predicted octanol–water partition coefficient (Wildman–Crippen LogP) is 2.13. The van der Waals surface area contributed by atoms with Gasteiger partial charge in [-0.3, -0.25) is 9.69 Å². The van der Waals surface area contributed by atoms with E-state index in [9.17, 15) is 4.79 Å². The highest BCUT2D eigenvalue weighted by Gasteiger charge is 2.18. The number of amides is 1. The molecule has 5 nitrogen and oxygen atoms in total. The molecule has 0 aromatic carbocycles. The van der Waals surface area contributed by atoms with E-state index in [0.717, 1.165) is 49.8 Å². The lowest BCUT2D eigenvalue weighted by Crippen LogP contribution is -2.42. The minimum absolute atomic E-state index is 0.133. The first-order valence-corrected chi connectivity index (χ1v) is 8.95. The number of aromatic nitrogens is 1. The summed E-state index contributed by atoms with van der Waals surface area (Å²) in [5.74, 6) is 0.133. The molecule has 1 atom stereocenters. The molecular weight excluding hydrogens is 298 g/mol. The zero-order valence-electron chi connectivity index (χ0n) is 13.9. The number of ether oxygens (including phenoxy) is 1. The monoisotopic (exact) mass is 325 g/mol. The lowest BCUT2D eigenvalue weighted by molar-refractivity contribution is -0.121. The fourth-order valence-corrected chi connectivity index (χ4v) is 3.70. The van der Waals surface area contributed by atoms with Gasteiger partial charge in [-0.2, -0.15) is 0 Å². The summed E-state index contributed by atoms with van der Waals surface area (Å²) in [5.41, 5.74) is 1.12. The minimum Gasteiger partial charge on any atom is -0.379 e. The predicted molar refractivity (Wildman–Crippen MR) is 89.2 cm³/mol. The standard InChI is InChI=1S/C16H27N3O2S/c1-4-14-15(22-13(3)18-14)11-17-16(20)6-5-12(2)19-7-9-21-10-8-19/h12H,4-11H2,1-3H3,(H,17,20). The molecular formula is C16H27N3O2S. The maximum Gasteiger partial charge on any atom is 0.220 e. The van der Waals surface area contributed by atoms with Gasteiger partial charge in [0.15, 0.2) is 0 Å². The zero-order chi connectivity index (χ0) is 15.9. The highest BCUT2D eigenvalue weighted by atomic mass is 32.1. The first kappa shape index (κ1) is 17.4. The summed E-state index contributed by atoms with van der Waals surface area (Å²) in [4.78, 5) is 20.1. The van der Waals surface area contributed by atoms with Crippen LogP contribution in [0.4, 0.5) is 0 Å². The maximum atomic E-state index is 12.0. The Labute approximate surface area is 137 Å². The van der Waals surface area contributed by atoms with Crippen LogP contribution in [0, 0.1) is 6.92 Å². The van der Waals surface area contributed by atoms with Gasteiger partial charge < -0.3 is 10.1 Å². The molecule has 0 saturated carbocycles. The Morgan fingerprint density at radius 3 is 2.86 bits per heavy atom. The molecule has 1 aromatic heterocycles. The Morgan fingerprint density at radius 1 is 1.45 bits per heavy atom. The molecule has 2 heterocycles. The topological polar surface area (TPSA) is 54.5 Å². The van der Waals surface area contributed by atoms with Crippen LogP contribution in [-0.4, -0.2) is 48.1 Å². The molecule has 1 aromatic rings. The Bertz CT molecular complexity index is 484. The van der Waals surface area contributed by atoms with Gasteiger partial charge in [-0.1, -0.05) is 6.92 Å². The Kier molecular flexibility index (Phi) is 6.79. The third-order valence-corrected chi connectivity index (χ3v) is 5.14. The molecule has 124 valence electrons. The second-order valence-corrected chi connectivity index (χ2v) is 7.06. The number of nitrogens with zero attached hydrogens (tertiary/aromatic N) is 2. The van der Waals surface area contributed by atoms with Crippen molar-refractivity contribution >= 4 is 17.2 Å². The van der Waals surface area contributed by atoms with Gasteiger partial charge in [-0.15, -0.1) is 11.3 Å². The SMILES string of the molecule is CCc1nc(C)sc1CNC(=O)CCC(C)N1CCOCC1. The molecule has 1 amide bonds. The number of carbonyl (C=O) groups excluding carboxylic acids is 1. The summed E-state index contributed by atoms with van der Waals surface area (Å²) >= 11 is 1.68. The first-order chi connectivity index (χ1) is 10.6. The van der Waals surface area contributed by atoms with Crippen LogP contribution in [0.5, 0.6) is 0 Å². The van der Waals surface area contributed by atoms with Crippen molar-refractivity contribution in [3.05, 3.63) is 15.6 Å². The number of rotatable bonds is 7. The molecule has 0 bridgehead atoms. The number of thiazole rings is 1. The van der Waals surface area contributed by atoms with Gasteiger partial charge >= 0.3 is 0 Å². The quantitative estimate of drug-likeness (QED) is 0.834. The fourth-order valence-electron chi connectivity index (χ4n) is 2.73. The third kappa shape index (κ3) is 5.04. The second-order valence-electron chi connectivity index (χ2n) is 5.77. The molecule has 22 heavy (non-hydrogen) atoms. The number of morpholine rings is 1. The molecule has 0 spiro atoms. The van der Waals surface area contributed by atoms with Crippen molar-refractivity contribution in [3.8, 4) is 0 Å². The maximum absolute atomic E-state index is 12.0. The smallest absolute Gasteiger partial charge is 0.220 e. The van der Waals surface area contributed by atoms with Crippen LogP contribution in [-0.2, 0) is 22.5 Å². The molecule has 1 fully saturated rings. The minimum atomic E-state index is 0.133. The van der Waals surface area contributed by atoms with E-state index in [4.69, 9.17) is 4.74 Å². The first-order valence-electron chi connectivity index (χ1n) is 8.13. The van der Waals surface area contributed by atoms with E-state index in [-0.39, 0.29) is 5.91 Å². The van der Waals surface area contributed by atoms with E-state index in [1.54, 1.807) is 11.3 Å². The summed E-state index contributed by atoms with van der Waals surface area (Å²) in [6, 6.07) is 0.437. The molecule has 1 saturated heterocycles. The molecule has 1 aliphatic heterocycles.